The Morgan fingerprint density at radius 3 is 2.28 bits per heavy atom. The topological polar surface area (TPSA) is 72.8 Å². The molecule has 0 aliphatic heterocycles. The second-order valence-electron chi connectivity index (χ2n) is 9.74. The summed E-state index contributed by atoms with van der Waals surface area (Å²) in [5, 5.41) is 9.20. The Morgan fingerprint density at radius 2 is 1.72 bits per heavy atom. The average Bonchev–Trinajstić information content (AvgIpc) is 2.56. The van der Waals surface area contributed by atoms with Crippen LogP contribution in [0.3, 0.4) is 0 Å². The van der Waals surface area contributed by atoms with Gasteiger partial charge >= 0.3 is 11.9 Å². The predicted molar refractivity (Wildman–Crippen MR) is 113 cm³/mol. The summed E-state index contributed by atoms with van der Waals surface area (Å²) < 4.78 is 11.6. The number of carbonyl (C=O) groups is 2. The lowest BCUT2D eigenvalue weighted by Gasteiger charge is -2.58. The summed E-state index contributed by atoms with van der Waals surface area (Å²) in [6.45, 7) is 13.7. The molecule has 0 radical (unpaired) electrons. The third kappa shape index (κ3) is 4.93. The molecule has 5 heteroatoms. The summed E-state index contributed by atoms with van der Waals surface area (Å²) in [7, 11) is 0. The molecule has 0 bridgehead atoms. The van der Waals surface area contributed by atoms with E-state index in [9.17, 15) is 14.7 Å². The van der Waals surface area contributed by atoms with Gasteiger partial charge < -0.3 is 14.6 Å². The molecule has 164 valence electrons. The van der Waals surface area contributed by atoms with Gasteiger partial charge in [0.1, 0.15) is 6.10 Å². The number of esters is 2. The number of carbonyl (C=O) groups excluding carboxylic acids is 2. The second-order valence-corrected chi connectivity index (χ2v) is 9.74. The Bertz CT molecular complexity index is 702. The molecule has 0 aromatic heterocycles. The first-order chi connectivity index (χ1) is 13.4. The molecule has 1 saturated carbocycles. The highest BCUT2D eigenvalue weighted by Gasteiger charge is 2.58. The minimum atomic E-state index is -0.552. The molecule has 0 aromatic carbocycles. The number of aliphatic hydroxyl groups excluding tert-OH is 1. The summed E-state index contributed by atoms with van der Waals surface area (Å²) in [4.78, 5) is 23.9. The largest absolute Gasteiger partial charge is 0.458 e. The zero-order valence-electron chi connectivity index (χ0n) is 19.1. The van der Waals surface area contributed by atoms with Crippen molar-refractivity contribution >= 4 is 11.9 Å². The van der Waals surface area contributed by atoms with Crippen LogP contribution in [0.4, 0.5) is 0 Å². The van der Waals surface area contributed by atoms with Crippen LogP contribution in [-0.4, -0.2) is 35.9 Å². The molecule has 0 amide bonds. The smallest absolute Gasteiger partial charge is 0.303 e. The van der Waals surface area contributed by atoms with Crippen LogP contribution in [0.5, 0.6) is 0 Å². The van der Waals surface area contributed by atoms with Crippen molar-refractivity contribution in [3.63, 3.8) is 0 Å². The van der Waals surface area contributed by atoms with Crippen molar-refractivity contribution in [3.8, 4) is 0 Å². The summed E-state index contributed by atoms with van der Waals surface area (Å²) >= 11 is 0. The number of hydrogen-bond donors (Lipinski definition) is 1. The molecule has 2 aliphatic carbocycles. The van der Waals surface area contributed by atoms with Crippen LogP contribution in [0.1, 0.15) is 80.6 Å². The minimum Gasteiger partial charge on any atom is -0.458 e. The van der Waals surface area contributed by atoms with Gasteiger partial charge in [0.05, 0.1) is 6.61 Å². The molecule has 29 heavy (non-hydrogen) atoms. The second kappa shape index (κ2) is 9.03. The molecule has 4 atom stereocenters. The van der Waals surface area contributed by atoms with Gasteiger partial charge in [-0.15, -0.1) is 0 Å². The van der Waals surface area contributed by atoms with E-state index in [-0.39, 0.29) is 35.3 Å². The number of aliphatic hydroxyl groups is 1. The van der Waals surface area contributed by atoms with E-state index in [1.54, 1.807) is 0 Å². The number of ether oxygens (including phenoxy) is 2. The predicted octanol–water partition coefficient (Wildman–Crippen LogP) is 4.73. The van der Waals surface area contributed by atoms with Gasteiger partial charge in [-0.05, 0) is 55.9 Å². The van der Waals surface area contributed by atoms with Crippen LogP contribution in [0, 0.1) is 16.7 Å². The van der Waals surface area contributed by atoms with E-state index in [2.05, 4.69) is 20.8 Å². The van der Waals surface area contributed by atoms with Gasteiger partial charge in [0.25, 0.3) is 0 Å². The summed E-state index contributed by atoms with van der Waals surface area (Å²) in [5.74, 6) is -0.633. The third-order valence-corrected chi connectivity index (χ3v) is 7.07. The minimum absolute atomic E-state index is 0.0430. The maximum atomic E-state index is 12.0. The SMILES string of the molecule is CC(=O)O[C@@H]1[C@@H](OC(C)=O)C(C)=C(CC/C(C)=C/CO)[C@@]2(C)CCCC(C)(C)[C@H]12. The molecule has 0 spiro atoms. The van der Waals surface area contributed by atoms with Crippen LogP contribution in [0.15, 0.2) is 22.8 Å². The zero-order chi connectivity index (χ0) is 22.0. The number of allylic oxidation sites excluding steroid dienone is 2. The Hall–Kier alpha value is -1.62. The fraction of sp³-hybridized carbons (Fsp3) is 0.750. The highest BCUT2D eigenvalue weighted by Crippen LogP contribution is 2.61. The molecular formula is C24H38O5. The lowest BCUT2D eigenvalue weighted by Crippen LogP contribution is -2.58. The van der Waals surface area contributed by atoms with Crippen molar-refractivity contribution in [1.29, 1.82) is 0 Å². The fourth-order valence-corrected chi connectivity index (χ4v) is 5.99. The van der Waals surface area contributed by atoms with Crippen LogP contribution in [0.25, 0.3) is 0 Å². The van der Waals surface area contributed by atoms with Gasteiger partial charge in [0.15, 0.2) is 6.10 Å². The van der Waals surface area contributed by atoms with Crippen LogP contribution >= 0.6 is 0 Å². The van der Waals surface area contributed by atoms with Crippen molar-refractivity contribution in [2.75, 3.05) is 6.61 Å². The van der Waals surface area contributed by atoms with Crippen molar-refractivity contribution in [2.24, 2.45) is 16.7 Å². The normalized spacial score (nSPS) is 31.9. The van der Waals surface area contributed by atoms with E-state index in [0.717, 1.165) is 43.3 Å². The van der Waals surface area contributed by atoms with E-state index in [1.807, 2.05) is 19.9 Å². The van der Waals surface area contributed by atoms with E-state index in [1.165, 1.54) is 19.4 Å². The molecule has 0 heterocycles. The molecule has 2 aliphatic rings. The first-order valence-corrected chi connectivity index (χ1v) is 10.7. The maximum absolute atomic E-state index is 12.0. The first-order valence-electron chi connectivity index (χ1n) is 10.7. The summed E-state index contributed by atoms with van der Waals surface area (Å²) in [6, 6.07) is 0. The molecule has 5 nitrogen and oxygen atoms in total. The molecule has 1 N–H and O–H groups in total. The zero-order valence-corrected chi connectivity index (χ0v) is 19.1. The quantitative estimate of drug-likeness (QED) is 0.510. The van der Waals surface area contributed by atoms with Crippen LogP contribution < -0.4 is 0 Å². The number of hydrogen-bond acceptors (Lipinski definition) is 5. The molecule has 1 fully saturated rings. The summed E-state index contributed by atoms with van der Waals surface area (Å²) in [5.41, 5.74) is 3.31. The molecule has 0 aromatic rings. The van der Waals surface area contributed by atoms with Crippen molar-refractivity contribution < 1.29 is 24.2 Å². The van der Waals surface area contributed by atoms with Crippen LogP contribution in [0.2, 0.25) is 0 Å². The van der Waals surface area contributed by atoms with Gasteiger partial charge in [-0.3, -0.25) is 9.59 Å². The Balaban J connectivity index is 2.60. The van der Waals surface area contributed by atoms with Crippen molar-refractivity contribution in [1.82, 2.24) is 0 Å². The molecule has 2 rings (SSSR count). The first kappa shape index (κ1) is 23.7. The number of rotatable bonds is 6. The van der Waals surface area contributed by atoms with Crippen LogP contribution in [-0.2, 0) is 19.1 Å². The Labute approximate surface area is 175 Å². The third-order valence-electron chi connectivity index (χ3n) is 7.07. The van der Waals surface area contributed by atoms with Gasteiger partial charge in [0.2, 0.25) is 0 Å². The highest BCUT2D eigenvalue weighted by molar-refractivity contribution is 5.68. The van der Waals surface area contributed by atoms with Gasteiger partial charge in [-0.25, -0.2) is 0 Å². The van der Waals surface area contributed by atoms with E-state index >= 15 is 0 Å². The maximum Gasteiger partial charge on any atom is 0.303 e. The average molecular weight is 407 g/mol. The van der Waals surface area contributed by atoms with E-state index in [0.29, 0.717) is 0 Å². The fourth-order valence-electron chi connectivity index (χ4n) is 5.99. The van der Waals surface area contributed by atoms with Gasteiger partial charge in [-0.1, -0.05) is 44.4 Å². The highest BCUT2D eigenvalue weighted by atomic mass is 16.6. The van der Waals surface area contributed by atoms with Gasteiger partial charge in [-0.2, -0.15) is 0 Å². The van der Waals surface area contributed by atoms with Crippen molar-refractivity contribution in [3.05, 3.63) is 22.8 Å². The lowest BCUT2D eigenvalue weighted by molar-refractivity contribution is -0.184. The van der Waals surface area contributed by atoms with Gasteiger partial charge in [0, 0.05) is 19.8 Å². The van der Waals surface area contributed by atoms with Crippen molar-refractivity contribution in [2.45, 2.75) is 92.8 Å². The van der Waals surface area contributed by atoms with E-state index < -0.39 is 12.2 Å². The monoisotopic (exact) mass is 406 g/mol. The van der Waals surface area contributed by atoms with E-state index in [4.69, 9.17) is 9.47 Å². The molecule has 0 saturated heterocycles. The molecular weight excluding hydrogens is 368 g/mol. The lowest BCUT2D eigenvalue weighted by atomic mass is 9.48. The molecule has 0 unspecified atom stereocenters. The Kier molecular flexibility index (Phi) is 7.37. The summed E-state index contributed by atoms with van der Waals surface area (Å²) in [6.07, 6.45) is 5.71. The number of fused-ring (bicyclic) bond motifs is 1. The standard InChI is InChI=1S/C24H38O5/c1-15(11-14-25)9-10-19-16(2)20(28-17(3)26)21(29-18(4)27)22-23(5,6)12-8-13-24(19,22)7/h11,20-22,25H,8-10,12-14H2,1-7H3/b15-11+/t20-,21+,22-,24+/m0/s1. The Morgan fingerprint density at radius 1 is 1.10 bits per heavy atom.